The molecule has 1 aliphatic rings. The molecule has 0 spiro atoms. The van der Waals surface area contributed by atoms with E-state index in [0.29, 0.717) is 11.5 Å². The van der Waals surface area contributed by atoms with Gasteiger partial charge < -0.3 is 13.7 Å². The second kappa shape index (κ2) is 11.6. The Morgan fingerprint density at radius 3 is 1.89 bits per heavy atom. The van der Waals surface area contributed by atoms with Gasteiger partial charge in [-0.2, -0.15) is 0 Å². The molecule has 0 atom stereocenters. The van der Waals surface area contributed by atoms with Crippen molar-refractivity contribution in [3.05, 3.63) is 59.7 Å². The third kappa shape index (κ3) is 7.51. The minimum Gasteiger partial charge on any atom is -0.543 e. The summed E-state index contributed by atoms with van der Waals surface area (Å²) in [7, 11) is -4.01. The van der Waals surface area contributed by atoms with Crippen molar-refractivity contribution >= 4 is 22.6 Å². The van der Waals surface area contributed by atoms with Crippen LogP contribution in [0.5, 0.6) is 11.5 Å². The second-order valence-corrected chi connectivity index (χ2v) is 23.3. The lowest BCUT2D eigenvalue weighted by molar-refractivity contribution is 0.0106. The topological polar surface area (TPSA) is 56.8 Å². The quantitative estimate of drug-likeness (QED) is 0.260. The zero-order chi connectivity index (χ0) is 28.4. The molecule has 0 unspecified atom stereocenters. The van der Waals surface area contributed by atoms with Gasteiger partial charge in [0, 0.05) is 12.1 Å². The van der Waals surface area contributed by atoms with Crippen molar-refractivity contribution in [3.63, 3.8) is 0 Å². The zero-order valence-electron chi connectivity index (χ0n) is 25.2. The number of hydrogen-bond donors (Lipinski definition) is 1. The highest BCUT2D eigenvalue weighted by Gasteiger charge is 2.41. The van der Waals surface area contributed by atoms with E-state index in [1.165, 1.54) is 5.56 Å². The van der Waals surface area contributed by atoms with Crippen molar-refractivity contribution < 1.29 is 18.5 Å². The van der Waals surface area contributed by atoms with E-state index in [1.807, 2.05) is 18.2 Å². The van der Waals surface area contributed by atoms with E-state index in [4.69, 9.17) is 13.7 Å². The fourth-order valence-corrected chi connectivity index (χ4v) is 6.23. The third-order valence-corrected chi connectivity index (χ3v) is 17.5. The summed E-state index contributed by atoms with van der Waals surface area (Å²) in [5, 5.41) is 0.228. The van der Waals surface area contributed by atoms with Gasteiger partial charge in [0.2, 0.25) is 16.6 Å². The minimum atomic E-state index is -2.04. The molecular weight excluding hydrogens is 507 g/mol. The second-order valence-electron chi connectivity index (χ2n) is 13.8. The number of carbonyl (C=O) groups is 1. The first-order chi connectivity index (χ1) is 17.5. The van der Waals surface area contributed by atoms with Crippen LogP contribution in [0.2, 0.25) is 36.3 Å². The van der Waals surface area contributed by atoms with Crippen molar-refractivity contribution in [2.75, 3.05) is 0 Å². The number of hydroxylamine groups is 1. The lowest BCUT2D eigenvalue weighted by Crippen LogP contribution is -2.44. The molecule has 5 nitrogen and oxygen atoms in total. The van der Waals surface area contributed by atoms with E-state index in [-0.39, 0.29) is 22.1 Å². The Morgan fingerprint density at radius 1 is 0.789 bits per heavy atom. The summed E-state index contributed by atoms with van der Waals surface area (Å²) in [5.74, 6) is 1.96. The molecule has 0 heterocycles. The van der Waals surface area contributed by atoms with Gasteiger partial charge in [-0.15, -0.1) is 5.48 Å². The van der Waals surface area contributed by atoms with E-state index in [1.54, 1.807) is 12.1 Å². The van der Waals surface area contributed by atoms with Crippen LogP contribution < -0.4 is 14.3 Å². The molecule has 38 heavy (non-hydrogen) atoms. The predicted octanol–water partition coefficient (Wildman–Crippen LogP) is 8.84. The highest BCUT2D eigenvalue weighted by Crippen LogP contribution is 2.45. The number of benzene rings is 2. The Bertz CT molecular complexity index is 1080. The standard InChI is InChI=1S/C31H49NO4Si2/c1-30(2,3)37(7,8)35-26-20-21-27(28(22-26)36-38(9,10)31(4,5)6)23-16-18-25(19-17-23)32-34-29(33)24-14-12-11-13-15-24/h11-15,20-23,25,32H,16-19H2,1-10H3. The van der Waals surface area contributed by atoms with Crippen LogP contribution in [0.3, 0.4) is 0 Å². The molecule has 0 radical (unpaired) electrons. The first-order valence-corrected chi connectivity index (χ1v) is 19.9. The average Bonchev–Trinajstić information content (AvgIpc) is 2.82. The zero-order valence-corrected chi connectivity index (χ0v) is 27.2. The Morgan fingerprint density at radius 2 is 1.34 bits per heavy atom. The van der Waals surface area contributed by atoms with Gasteiger partial charge in [0.05, 0.1) is 5.56 Å². The molecule has 0 aromatic heterocycles. The first-order valence-electron chi connectivity index (χ1n) is 14.0. The van der Waals surface area contributed by atoms with Crippen LogP contribution >= 0.6 is 0 Å². The van der Waals surface area contributed by atoms with Crippen molar-refractivity contribution in [2.24, 2.45) is 0 Å². The van der Waals surface area contributed by atoms with Gasteiger partial charge in [0.1, 0.15) is 11.5 Å². The number of nitrogens with one attached hydrogen (secondary N) is 1. The van der Waals surface area contributed by atoms with Crippen molar-refractivity contribution in [3.8, 4) is 11.5 Å². The average molecular weight is 556 g/mol. The van der Waals surface area contributed by atoms with Crippen LogP contribution in [-0.4, -0.2) is 28.6 Å². The molecule has 0 amide bonds. The summed E-state index contributed by atoms with van der Waals surface area (Å²) in [6, 6.07) is 15.8. The summed E-state index contributed by atoms with van der Waals surface area (Å²) in [6.07, 6.45) is 3.90. The van der Waals surface area contributed by atoms with E-state index in [2.05, 4.69) is 91.4 Å². The van der Waals surface area contributed by atoms with Crippen LogP contribution in [0.4, 0.5) is 0 Å². The van der Waals surface area contributed by atoms with Crippen LogP contribution in [0.1, 0.15) is 89.1 Å². The van der Waals surface area contributed by atoms with Crippen LogP contribution in [0, 0.1) is 0 Å². The van der Waals surface area contributed by atoms with E-state index >= 15 is 0 Å². The molecule has 0 saturated heterocycles. The van der Waals surface area contributed by atoms with Crippen LogP contribution in [0.25, 0.3) is 0 Å². The highest BCUT2D eigenvalue weighted by molar-refractivity contribution is 6.75. The SMILES string of the molecule is CC(C)(C)[Si](C)(C)Oc1ccc(C2CCC(NOC(=O)c3ccccc3)CC2)c(O[Si](C)(C)C(C)(C)C)c1. The van der Waals surface area contributed by atoms with Gasteiger partial charge in [-0.25, -0.2) is 4.79 Å². The van der Waals surface area contributed by atoms with E-state index in [9.17, 15) is 4.79 Å². The molecule has 7 heteroatoms. The van der Waals surface area contributed by atoms with Crippen molar-refractivity contribution in [1.82, 2.24) is 5.48 Å². The minimum absolute atomic E-state index is 0.102. The Kier molecular flexibility index (Phi) is 9.26. The molecule has 0 aliphatic heterocycles. The van der Waals surface area contributed by atoms with Crippen molar-refractivity contribution in [2.45, 2.75) is 115 Å². The Hall–Kier alpha value is -2.10. The first kappa shape index (κ1) is 30.4. The van der Waals surface area contributed by atoms with Crippen LogP contribution in [0.15, 0.2) is 48.5 Å². The lowest BCUT2D eigenvalue weighted by Gasteiger charge is -2.39. The fraction of sp³-hybridized carbons (Fsp3) is 0.581. The molecule has 1 aliphatic carbocycles. The maximum Gasteiger partial charge on any atom is 0.356 e. The summed E-state index contributed by atoms with van der Waals surface area (Å²) in [6.45, 7) is 22.8. The summed E-state index contributed by atoms with van der Waals surface area (Å²) >= 11 is 0. The van der Waals surface area contributed by atoms with Crippen LogP contribution in [-0.2, 0) is 4.84 Å². The lowest BCUT2D eigenvalue weighted by atomic mass is 9.81. The third-order valence-electron chi connectivity index (χ3n) is 8.83. The molecular formula is C31H49NO4Si2. The molecule has 3 rings (SSSR count). The van der Waals surface area contributed by atoms with Crippen molar-refractivity contribution in [1.29, 1.82) is 0 Å². The Labute approximate surface area is 232 Å². The monoisotopic (exact) mass is 555 g/mol. The summed E-state index contributed by atoms with van der Waals surface area (Å²) in [4.78, 5) is 17.7. The van der Waals surface area contributed by atoms with Gasteiger partial charge in [-0.05, 0) is 91.6 Å². The van der Waals surface area contributed by atoms with Gasteiger partial charge in [-0.1, -0.05) is 65.8 Å². The molecule has 210 valence electrons. The normalized spacial score (nSPS) is 19.1. The molecule has 1 N–H and O–H groups in total. The number of carbonyl (C=O) groups excluding carboxylic acids is 1. The van der Waals surface area contributed by atoms with Gasteiger partial charge in [0.25, 0.3) is 0 Å². The molecule has 0 bridgehead atoms. The maximum absolute atomic E-state index is 12.3. The molecule has 1 fully saturated rings. The predicted molar refractivity (Wildman–Crippen MR) is 162 cm³/mol. The Balaban J connectivity index is 1.75. The van der Waals surface area contributed by atoms with Gasteiger partial charge >= 0.3 is 5.97 Å². The smallest absolute Gasteiger partial charge is 0.356 e. The molecule has 2 aromatic carbocycles. The largest absolute Gasteiger partial charge is 0.543 e. The molecule has 1 saturated carbocycles. The van der Waals surface area contributed by atoms with Gasteiger partial charge in [0.15, 0.2) is 0 Å². The van der Waals surface area contributed by atoms with E-state index < -0.39 is 16.6 Å². The van der Waals surface area contributed by atoms with Gasteiger partial charge in [-0.3, -0.25) is 0 Å². The fourth-order valence-electron chi connectivity index (χ4n) is 4.17. The maximum atomic E-state index is 12.3. The highest BCUT2D eigenvalue weighted by atomic mass is 28.4. The number of hydrogen-bond acceptors (Lipinski definition) is 5. The summed E-state index contributed by atoms with van der Waals surface area (Å²) in [5.41, 5.74) is 4.86. The molecule has 2 aromatic rings. The number of rotatable bonds is 8. The summed E-state index contributed by atoms with van der Waals surface area (Å²) < 4.78 is 13.6. The van der Waals surface area contributed by atoms with E-state index in [0.717, 1.165) is 37.2 Å².